The summed E-state index contributed by atoms with van der Waals surface area (Å²) < 4.78 is 0.963. The number of para-hydroxylation sites is 1. The third kappa shape index (κ3) is 3.79. The number of nitrogens with one attached hydrogen (secondary N) is 1. The van der Waals surface area contributed by atoms with Crippen molar-refractivity contribution in [3.63, 3.8) is 0 Å². The maximum Gasteiger partial charge on any atom is 0.0999 e. The predicted octanol–water partition coefficient (Wildman–Crippen LogP) is 4.90. The number of hydrogen-bond acceptors (Lipinski definition) is 3. The Kier molecular flexibility index (Phi) is 4.74. The number of halogens is 1. The lowest BCUT2D eigenvalue weighted by Gasteiger charge is -2.11. The Hall–Kier alpha value is -2.59. The summed E-state index contributed by atoms with van der Waals surface area (Å²) in [6.07, 6.45) is 0. The molecule has 0 amide bonds. The van der Waals surface area contributed by atoms with Gasteiger partial charge >= 0.3 is 0 Å². The van der Waals surface area contributed by atoms with Gasteiger partial charge in [-0.05, 0) is 30.3 Å². The van der Waals surface area contributed by atoms with Crippen molar-refractivity contribution in [2.75, 3.05) is 11.2 Å². The Labute approximate surface area is 144 Å². The third-order valence-electron chi connectivity index (χ3n) is 3.39. The second kappa shape index (κ2) is 7.11. The van der Waals surface area contributed by atoms with Crippen LogP contribution in [0.15, 0.2) is 88.4 Å². The van der Waals surface area contributed by atoms with E-state index in [1.807, 2.05) is 78.9 Å². The van der Waals surface area contributed by atoms with Crippen molar-refractivity contribution in [1.82, 2.24) is 0 Å². The van der Waals surface area contributed by atoms with E-state index >= 15 is 0 Å². The standard InChI is InChI=1S/C19H16BrN3/c20-15-11-12-18(21)17(13-15)19(14-7-3-1-4-8-14)23-22-16-9-5-2-6-10-16/h1-13,22H,21H2/b23-19-. The van der Waals surface area contributed by atoms with E-state index in [4.69, 9.17) is 5.73 Å². The van der Waals surface area contributed by atoms with Gasteiger partial charge in [-0.1, -0.05) is 64.5 Å². The maximum atomic E-state index is 6.17. The largest absolute Gasteiger partial charge is 0.398 e. The molecule has 0 aliphatic rings. The highest BCUT2D eigenvalue weighted by Crippen LogP contribution is 2.22. The SMILES string of the molecule is Nc1ccc(Br)cc1/C(=N\Nc1ccccc1)c1ccccc1. The average Bonchev–Trinajstić information content (AvgIpc) is 2.60. The molecule has 0 atom stereocenters. The first kappa shape index (κ1) is 15.3. The number of hydrazone groups is 1. The zero-order chi connectivity index (χ0) is 16.1. The first-order valence-electron chi connectivity index (χ1n) is 7.23. The van der Waals surface area contributed by atoms with E-state index in [0.717, 1.165) is 27.0 Å². The maximum absolute atomic E-state index is 6.17. The molecule has 0 spiro atoms. The van der Waals surface area contributed by atoms with Crippen LogP contribution in [-0.2, 0) is 0 Å². The van der Waals surface area contributed by atoms with E-state index in [1.165, 1.54) is 0 Å². The Morgan fingerprint density at radius 1 is 0.870 bits per heavy atom. The summed E-state index contributed by atoms with van der Waals surface area (Å²) in [7, 11) is 0. The Morgan fingerprint density at radius 3 is 2.22 bits per heavy atom. The zero-order valence-electron chi connectivity index (χ0n) is 12.4. The van der Waals surface area contributed by atoms with Crippen molar-refractivity contribution in [1.29, 1.82) is 0 Å². The molecule has 0 aliphatic carbocycles. The van der Waals surface area contributed by atoms with Crippen LogP contribution >= 0.6 is 15.9 Å². The highest BCUT2D eigenvalue weighted by Gasteiger charge is 2.11. The normalized spacial score (nSPS) is 11.3. The highest BCUT2D eigenvalue weighted by molar-refractivity contribution is 9.10. The second-order valence-electron chi connectivity index (χ2n) is 5.04. The molecule has 3 aromatic rings. The number of nitrogens with zero attached hydrogens (tertiary/aromatic N) is 1. The van der Waals surface area contributed by atoms with Crippen LogP contribution in [0.4, 0.5) is 11.4 Å². The molecule has 0 saturated heterocycles. The molecule has 4 heteroatoms. The predicted molar refractivity (Wildman–Crippen MR) is 101 cm³/mol. The van der Waals surface area contributed by atoms with Gasteiger partial charge in [-0.25, -0.2) is 0 Å². The minimum absolute atomic E-state index is 0.686. The number of hydrogen-bond donors (Lipinski definition) is 2. The first-order valence-corrected chi connectivity index (χ1v) is 8.03. The molecule has 3 rings (SSSR count). The summed E-state index contributed by atoms with van der Waals surface area (Å²) in [6.45, 7) is 0. The lowest BCUT2D eigenvalue weighted by molar-refractivity contribution is 1.32. The summed E-state index contributed by atoms with van der Waals surface area (Å²) in [5.74, 6) is 0. The molecule has 3 nitrogen and oxygen atoms in total. The van der Waals surface area contributed by atoms with Gasteiger partial charge in [0.05, 0.1) is 11.4 Å². The van der Waals surface area contributed by atoms with Crippen LogP contribution in [0, 0.1) is 0 Å². The quantitative estimate of drug-likeness (QED) is 0.392. The van der Waals surface area contributed by atoms with E-state index < -0.39 is 0 Å². The van der Waals surface area contributed by atoms with Crippen molar-refractivity contribution in [2.24, 2.45) is 5.10 Å². The van der Waals surface area contributed by atoms with Gasteiger partial charge in [0.1, 0.15) is 0 Å². The molecule has 0 fully saturated rings. The summed E-state index contributed by atoms with van der Waals surface area (Å²) in [5, 5.41) is 4.60. The molecule has 3 N–H and O–H groups in total. The number of nitrogens with two attached hydrogens (primary N) is 1. The van der Waals surface area contributed by atoms with Crippen LogP contribution < -0.4 is 11.2 Å². The van der Waals surface area contributed by atoms with Crippen LogP contribution in [0.5, 0.6) is 0 Å². The van der Waals surface area contributed by atoms with Gasteiger partial charge in [0.2, 0.25) is 0 Å². The molecule has 0 bridgehead atoms. The smallest absolute Gasteiger partial charge is 0.0999 e. The molecule has 0 heterocycles. The van der Waals surface area contributed by atoms with Crippen LogP contribution in [0.2, 0.25) is 0 Å². The molecule has 0 aromatic heterocycles. The minimum Gasteiger partial charge on any atom is -0.398 e. The number of rotatable bonds is 4. The van der Waals surface area contributed by atoms with Gasteiger partial charge < -0.3 is 5.73 Å². The summed E-state index contributed by atoms with van der Waals surface area (Å²) in [4.78, 5) is 0. The molecule has 0 radical (unpaired) electrons. The topological polar surface area (TPSA) is 50.4 Å². The Balaban J connectivity index is 2.05. The Morgan fingerprint density at radius 2 is 1.52 bits per heavy atom. The van der Waals surface area contributed by atoms with Gasteiger partial charge in [0.15, 0.2) is 0 Å². The molecular weight excluding hydrogens is 350 g/mol. The van der Waals surface area contributed by atoms with E-state index in [2.05, 4.69) is 26.5 Å². The zero-order valence-corrected chi connectivity index (χ0v) is 14.0. The van der Waals surface area contributed by atoms with Crippen LogP contribution in [0.3, 0.4) is 0 Å². The van der Waals surface area contributed by atoms with Gasteiger partial charge in [0, 0.05) is 21.3 Å². The first-order chi connectivity index (χ1) is 11.2. The fourth-order valence-corrected chi connectivity index (χ4v) is 2.60. The van der Waals surface area contributed by atoms with E-state index in [0.29, 0.717) is 5.69 Å². The number of nitrogen functional groups attached to an aromatic ring is 1. The number of benzene rings is 3. The van der Waals surface area contributed by atoms with Crippen LogP contribution in [0.25, 0.3) is 0 Å². The summed E-state index contributed by atoms with van der Waals surface area (Å²) >= 11 is 3.50. The fraction of sp³-hybridized carbons (Fsp3) is 0. The lowest BCUT2D eigenvalue weighted by Crippen LogP contribution is -2.09. The molecule has 0 aliphatic heterocycles. The summed E-state index contributed by atoms with van der Waals surface area (Å²) in [6, 6.07) is 25.6. The molecule has 3 aromatic carbocycles. The van der Waals surface area contributed by atoms with E-state index in [9.17, 15) is 0 Å². The van der Waals surface area contributed by atoms with Crippen molar-refractivity contribution >= 4 is 33.0 Å². The van der Waals surface area contributed by atoms with Crippen LogP contribution in [0.1, 0.15) is 11.1 Å². The molecular formula is C19H16BrN3. The van der Waals surface area contributed by atoms with Crippen molar-refractivity contribution in [3.8, 4) is 0 Å². The lowest BCUT2D eigenvalue weighted by atomic mass is 10.0. The average molecular weight is 366 g/mol. The summed E-state index contributed by atoms with van der Waals surface area (Å²) in [5.41, 5.74) is 13.6. The molecule has 114 valence electrons. The van der Waals surface area contributed by atoms with E-state index in [1.54, 1.807) is 0 Å². The number of anilines is 2. The van der Waals surface area contributed by atoms with Crippen molar-refractivity contribution in [3.05, 3.63) is 94.5 Å². The van der Waals surface area contributed by atoms with Gasteiger partial charge in [-0.2, -0.15) is 5.10 Å². The Bertz CT molecular complexity index is 815. The minimum atomic E-state index is 0.686. The van der Waals surface area contributed by atoms with Crippen LogP contribution in [-0.4, -0.2) is 5.71 Å². The molecule has 23 heavy (non-hydrogen) atoms. The highest BCUT2D eigenvalue weighted by atomic mass is 79.9. The second-order valence-corrected chi connectivity index (χ2v) is 5.95. The fourth-order valence-electron chi connectivity index (χ4n) is 2.24. The monoisotopic (exact) mass is 365 g/mol. The van der Waals surface area contributed by atoms with Crippen molar-refractivity contribution < 1.29 is 0 Å². The molecule has 0 saturated carbocycles. The van der Waals surface area contributed by atoms with Gasteiger partial charge in [-0.15, -0.1) is 0 Å². The van der Waals surface area contributed by atoms with Crippen molar-refractivity contribution in [2.45, 2.75) is 0 Å². The third-order valence-corrected chi connectivity index (χ3v) is 3.88. The van der Waals surface area contributed by atoms with Gasteiger partial charge in [0.25, 0.3) is 0 Å². The van der Waals surface area contributed by atoms with E-state index in [-0.39, 0.29) is 0 Å². The molecule has 0 unspecified atom stereocenters. The van der Waals surface area contributed by atoms with Gasteiger partial charge in [-0.3, -0.25) is 5.43 Å².